The Labute approximate surface area is 141 Å². The Bertz CT molecular complexity index is 1110. The van der Waals surface area contributed by atoms with Gasteiger partial charge in [-0.25, -0.2) is 14.2 Å². The lowest BCUT2D eigenvalue weighted by molar-refractivity contribution is -0.116. The average Bonchev–Trinajstić information content (AvgIpc) is 2.98. The summed E-state index contributed by atoms with van der Waals surface area (Å²) in [6.45, 7) is 1.54. The van der Waals surface area contributed by atoms with E-state index in [0.29, 0.717) is 0 Å². The van der Waals surface area contributed by atoms with E-state index in [2.05, 4.69) is 10.3 Å². The predicted octanol–water partition coefficient (Wildman–Crippen LogP) is 0.520. The lowest BCUT2D eigenvalue weighted by Crippen LogP contribution is -2.37. The fourth-order valence-corrected chi connectivity index (χ4v) is 2.60. The summed E-state index contributed by atoms with van der Waals surface area (Å²) in [6, 6.07) is 4.38. The normalized spacial score (nSPS) is 11.0. The summed E-state index contributed by atoms with van der Waals surface area (Å²) in [7, 11) is 2.84. The number of aryl methyl sites for hydroxylation is 2. The molecule has 0 bridgehead atoms. The number of carbonyl (C=O) groups is 1. The number of aromatic nitrogens is 4. The maximum absolute atomic E-state index is 13.8. The SMILES string of the molecule is Cc1ccc(F)c(NC(=O)Cn2cnc3c2c(=O)n(C)c(=O)n3C)c1. The van der Waals surface area contributed by atoms with Crippen molar-refractivity contribution < 1.29 is 9.18 Å². The van der Waals surface area contributed by atoms with E-state index < -0.39 is 23.0 Å². The van der Waals surface area contributed by atoms with Gasteiger partial charge in [-0.1, -0.05) is 6.07 Å². The molecule has 0 aliphatic carbocycles. The first kappa shape index (κ1) is 16.6. The summed E-state index contributed by atoms with van der Waals surface area (Å²) in [6.07, 6.45) is 1.30. The molecule has 0 saturated carbocycles. The molecule has 0 fully saturated rings. The van der Waals surface area contributed by atoms with Crippen LogP contribution in [0.15, 0.2) is 34.1 Å². The lowest BCUT2D eigenvalue weighted by Gasteiger charge is -2.09. The number of anilines is 1. The minimum absolute atomic E-state index is 0.0646. The lowest BCUT2D eigenvalue weighted by atomic mass is 10.2. The highest BCUT2D eigenvalue weighted by molar-refractivity contribution is 5.91. The fraction of sp³-hybridized carbons (Fsp3) is 0.250. The van der Waals surface area contributed by atoms with E-state index in [1.165, 1.54) is 41.7 Å². The maximum atomic E-state index is 13.8. The van der Waals surface area contributed by atoms with Gasteiger partial charge in [0.2, 0.25) is 5.91 Å². The minimum Gasteiger partial charge on any atom is -0.322 e. The summed E-state index contributed by atoms with van der Waals surface area (Å²) < 4.78 is 17.3. The number of fused-ring (bicyclic) bond motifs is 1. The van der Waals surface area contributed by atoms with Crippen molar-refractivity contribution in [3.63, 3.8) is 0 Å². The minimum atomic E-state index is -0.551. The van der Waals surface area contributed by atoms with Crippen LogP contribution in [-0.2, 0) is 25.4 Å². The Hall–Kier alpha value is -3.23. The van der Waals surface area contributed by atoms with Gasteiger partial charge in [0, 0.05) is 14.1 Å². The first-order valence-electron chi connectivity index (χ1n) is 7.46. The summed E-state index contributed by atoms with van der Waals surface area (Å²) >= 11 is 0. The smallest absolute Gasteiger partial charge is 0.322 e. The number of halogens is 1. The first-order chi connectivity index (χ1) is 11.8. The van der Waals surface area contributed by atoms with Crippen LogP contribution in [0.5, 0.6) is 0 Å². The third kappa shape index (κ3) is 2.84. The zero-order valence-electron chi connectivity index (χ0n) is 13.9. The van der Waals surface area contributed by atoms with Crippen molar-refractivity contribution in [3.8, 4) is 0 Å². The molecule has 0 saturated heterocycles. The summed E-state index contributed by atoms with van der Waals surface area (Å²) in [5.74, 6) is -1.06. The molecular weight excluding hydrogens is 329 g/mol. The van der Waals surface area contributed by atoms with Crippen molar-refractivity contribution in [1.29, 1.82) is 0 Å². The molecule has 3 rings (SSSR count). The van der Waals surface area contributed by atoms with Crippen LogP contribution in [-0.4, -0.2) is 24.6 Å². The summed E-state index contributed by atoms with van der Waals surface area (Å²) in [5.41, 5.74) is 0.120. The monoisotopic (exact) mass is 345 g/mol. The predicted molar refractivity (Wildman–Crippen MR) is 90.0 cm³/mol. The van der Waals surface area contributed by atoms with Crippen LogP contribution < -0.4 is 16.6 Å². The third-order valence-corrected chi connectivity index (χ3v) is 3.93. The van der Waals surface area contributed by atoms with E-state index in [-0.39, 0.29) is 23.4 Å². The second-order valence-electron chi connectivity index (χ2n) is 5.78. The molecular formula is C16H16FN5O3. The van der Waals surface area contributed by atoms with Gasteiger partial charge in [-0.15, -0.1) is 0 Å². The first-order valence-corrected chi connectivity index (χ1v) is 7.46. The Morgan fingerprint density at radius 1 is 1.24 bits per heavy atom. The van der Waals surface area contributed by atoms with E-state index in [0.717, 1.165) is 10.1 Å². The highest BCUT2D eigenvalue weighted by atomic mass is 19.1. The molecule has 9 heteroatoms. The van der Waals surface area contributed by atoms with Crippen molar-refractivity contribution in [1.82, 2.24) is 18.7 Å². The van der Waals surface area contributed by atoms with Crippen molar-refractivity contribution in [2.45, 2.75) is 13.5 Å². The van der Waals surface area contributed by atoms with Gasteiger partial charge < -0.3 is 9.88 Å². The van der Waals surface area contributed by atoms with Gasteiger partial charge in [0.1, 0.15) is 12.4 Å². The molecule has 0 aliphatic heterocycles. The Morgan fingerprint density at radius 3 is 2.68 bits per heavy atom. The maximum Gasteiger partial charge on any atom is 0.332 e. The van der Waals surface area contributed by atoms with Crippen LogP contribution in [0.3, 0.4) is 0 Å². The third-order valence-electron chi connectivity index (χ3n) is 3.93. The zero-order chi connectivity index (χ0) is 18.3. The molecule has 1 N–H and O–H groups in total. The van der Waals surface area contributed by atoms with Gasteiger partial charge in [0.25, 0.3) is 5.56 Å². The van der Waals surface area contributed by atoms with Crippen LogP contribution in [0.1, 0.15) is 5.56 Å². The molecule has 8 nitrogen and oxygen atoms in total. The number of hydrogen-bond acceptors (Lipinski definition) is 4. The molecule has 1 aromatic carbocycles. The summed E-state index contributed by atoms with van der Waals surface area (Å²) in [4.78, 5) is 40.5. The van der Waals surface area contributed by atoms with Crippen LogP contribution in [0.25, 0.3) is 11.2 Å². The molecule has 2 aromatic heterocycles. The average molecular weight is 345 g/mol. The van der Waals surface area contributed by atoms with Crippen molar-refractivity contribution in [2.24, 2.45) is 14.1 Å². The van der Waals surface area contributed by atoms with Gasteiger partial charge in [0.05, 0.1) is 12.0 Å². The molecule has 0 atom stereocenters. The molecule has 0 unspecified atom stereocenters. The van der Waals surface area contributed by atoms with Gasteiger partial charge in [0.15, 0.2) is 11.2 Å². The fourth-order valence-electron chi connectivity index (χ4n) is 2.60. The van der Waals surface area contributed by atoms with Crippen LogP contribution in [0.4, 0.5) is 10.1 Å². The van der Waals surface area contributed by atoms with E-state index in [1.54, 1.807) is 13.0 Å². The van der Waals surface area contributed by atoms with Crippen molar-refractivity contribution >= 4 is 22.8 Å². The van der Waals surface area contributed by atoms with Crippen molar-refractivity contribution in [3.05, 3.63) is 56.7 Å². The topological polar surface area (TPSA) is 90.9 Å². The van der Waals surface area contributed by atoms with Gasteiger partial charge >= 0.3 is 5.69 Å². The van der Waals surface area contributed by atoms with E-state index in [1.807, 2.05) is 0 Å². The molecule has 3 aromatic rings. The van der Waals surface area contributed by atoms with Crippen LogP contribution >= 0.6 is 0 Å². The van der Waals surface area contributed by atoms with Gasteiger partial charge in [-0.2, -0.15) is 0 Å². The van der Waals surface area contributed by atoms with Crippen molar-refractivity contribution in [2.75, 3.05) is 5.32 Å². The van der Waals surface area contributed by atoms with E-state index >= 15 is 0 Å². The molecule has 1 amide bonds. The van der Waals surface area contributed by atoms with Gasteiger partial charge in [-0.05, 0) is 24.6 Å². The number of imidazole rings is 1. The number of amides is 1. The van der Waals surface area contributed by atoms with E-state index in [9.17, 15) is 18.8 Å². The molecule has 2 heterocycles. The quantitative estimate of drug-likeness (QED) is 0.749. The zero-order valence-corrected chi connectivity index (χ0v) is 13.9. The molecule has 0 aliphatic rings. The second kappa shape index (κ2) is 6.00. The number of rotatable bonds is 3. The Morgan fingerprint density at radius 2 is 1.96 bits per heavy atom. The number of hydrogen-bond donors (Lipinski definition) is 1. The Kier molecular flexibility index (Phi) is 3.99. The van der Waals surface area contributed by atoms with Crippen LogP contribution in [0, 0.1) is 12.7 Å². The summed E-state index contributed by atoms with van der Waals surface area (Å²) in [5, 5.41) is 2.47. The second-order valence-corrected chi connectivity index (χ2v) is 5.78. The highest BCUT2D eigenvalue weighted by Gasteiger charge is 2.16. The number of nitrogens with one attached hydrogen (secondary N) is 1. The van der Waals surface area contributed by atoms with Gasteiger partial charge in [-0.3, -0.25) is 18.7 Å². The number of nitrogens with zero attached hydrogens (tertiary/aromatic N) is 4. The molecule has 130 valence electrons. The molecule has 0 spiro atoms. The number of benzene rings is 1. The standard InChI is InChI=1S/C16H16FN5O3/c1-9-4-5-10(17)11(6-9)19-12(23)7-22-8-18-14-13(22)15(24)21(3)16(25)20(14)2/h4-6,8H,7H2,1-3H3,(H,19,23). The molecule has 0 radical (unpaired) electrons. The largest absolute Gasteiger partial charge is 0.332 e. The van der Waals surface area contributed by atoms with Crippen LogP contribution in [0.2, 0.25) is 0 Å². The number of carbonyl (C=O) groups excluding carboxylic acids is 1. The molecule has 25 heavy (non-hydrogen) atoms. The highest BCUT2D eigenvalue weighted by Crippen LogP contribution is 2.16. The Balaban J connectivity index is 1.96. The van der Waals surface area contributed by atoms with E-state index in [4.69, 9.17) is 0 Å².